The second-order valence-electron chi connectivity index (χ2n) is 4.50. The first-order valence-corrected chi connectivity index (χ1v) is 7.28. The fourth-order valence-electron chi connectivity index (χ4n) is 1.97. The van der Waals surface area contributed by atoms with E-state index in [0.717, 1.165) is 17.7 Å². The molecule has 3 nitrogen and oxygen atoms in total. The van der Waals surface area contributed by atoms with Crippen LogP contribution < -0.4 is 14.8 Å². The van der Waals surface area contributed by atoms with Crippen LogP contribution in [0.3, 0.4) is 0 Å². The Morgan fingerprint density at radius 2 is 1.73 bits per heavy atom. The van der Waals surface area contributed by atoms with Crippen molar-refractivity contribution in [3.63, 3.8) is 0 Å². The largest absolute Gasteiger partial charge is 0.493 e. The van der Waals surface area contributed by atoms with E-state index in [-0.39, 0.29) is 12.4 Å². The Balaban J connectivity index is 0.00000242. The highest BCUT2D eigenvalue weighted by atomic mass is 35.5. The minimum atomic E-state index is 0. The summed E-state index contributed by atoms with van der Waals surface area (Å²) in [5, 5.41) is 4.28. The molecule has 0 bridgehead atoms. The Morgan fingerprint density at radius 3 is 2.32 bits per heavy atom. The van der Waals surface area contributed by atoms with Crippen LogP contribution in [0, 0.1) is 0 Å². The molecule has 0 radical (unpaired) electrons. The summed E-state index contributed by atoms with van der Waals surface area (Å²) in [5.74, 6) is 1.35. The standard InChI is InChI=1S/C16H17Cl2NO2.ClH/c1-19-9-11-6-7-15(16(8-11)20-2)21-10-12-13(17)4-3-5-14(12)18;/h3-8,19H,9-10H2,1-2H3;1H. The van der Waals surface area contributed by atoms with E-state index in [0.29, 0.717) is 28.2 Å². The fraction of sp³-hybridized carbons (Fsp3) is 0.250. The van der Waals surface area contributed by atoms with Gasteiger partial charge in [-0.2, -0.15) is 0 Å². The normalized spacial score (nSPS) is 10.0. The molecule has 0 spiro atoms. The molecule has 0 fully saturated rings. The summed E-state index contributed by atoms with van der Waals surface area (Å²) in [7, 11) is 3.52. The van der Waals surface area contributed by atoms with Crippen molar-refractivity contribution in [3.05, 3.63) is 57.6 Å². The monoisotopic (exact) mass is 361 g/mol. The van der Waals surface area contributed by atoms with E-state index in [1.54, 1.807) is 25.3 Å². The third-order valence-electron chi connectivity index (χ3n) is 3.04. The van der Waals surface area contributed by atoms with Crippen LogP contribution in [0.5, 0.6) is 11.5 Å². The van der Waals surface area contributed by atoms with Crippen LogP contribution >= 0.6 is 35.6 Å². The summed E-state index contributed by atoms with van der Waals surface area (Å²) in [4.78, 5) is 0. The number of hydrogen-bond donors (Lipinski definition) is 1. The van der Waals surface area contributed by atoms with Gasteiger partial charge in [0.05, 0.1) is 7.11 Å². The number of rotatable bonds is 6. The van der Waals surface area contributed by atoms with Gasteiger partial charge >= 0.3 is 0 Å². The highest BCUT2D eigenvalue weighted by molar-refractivity contribution is 6.35. The molecule has 0 aliphatic carbocycles. The van der Waals surface area contributed by atoms with E-state index in [2.05, 4.69) is 5.32 Å². The molecule has 2 rings (SSSR count). The second-order valence-corrected chi connectivity index (χ2v) is 5.32. The molecule has 0 aliphatic rings. The molecule has 0 heterocycles. The highest BCUT2D eigenvalue weighted by Crippen LogP contribution is 2.31. The Kier molecular flexibility index (Phi) is 7.83. The van der Waals surface area contributed by atoms with Crippen molar-refractivity contribution in [1.82, 2.24) is 5.32 Å². The second kappa shape index (κ2) is 9.11. The van der Waals surface area contributed by atoms with Gasteiger partial charge in [-0.3, -0.25) is 0 Å². The molecule has 0 aromatic heterocycles. The zero-order valence-corrected chi connectivity index (χ0v) is 14.7. The lowest BCUT2D eigenvalue weighted by Gasteiger charge is -2.13. The molecule has 120 valence electrons. The van der Waals surface area contributed by atoms with Crippen LogP contribution in [-0.4, -0.2) is 14.2 Å². The van der Waals surface area contributed by atoms with Gasteiger partial charge in [-0.05, 0) is 36.9 Å². The molecule has 6 heteroatoms. The number of halogens is 3. The zero-order valence-electron chi connectivity index (χ0n) is 12.4. The molecule has 0 amide bonds. The van der Waals surface area contributed by atoms with E-state index in [4.69, 9.17) is 32.7 Å². The molecular weight excluding hydrogens is 345 g/mol. The summed E-state index contributed by atoms with van der Waals surface area (Å²) in [6, 6.07) is 11.2. The molecule has 0 unspecified atom stereocenters. The van der Waals surface area contributed by atoms with Gasteiger partial charge in [0.1, 0.15) is 6.61 Å². The number of benzene rings is 2. The number of ether oxygens (including phenoxy) is 2. The minimum Gasteiger partial charge on any atom is -0.493 e. The van der Waals surface area contributed by atoms with E-state index in [1.807, 2.05) is 25.2 Å². The van der Waals surface area contributed by atoms with Crippen molar-refractivity contribution in [2.45, 2.75) is 13.2 Å². The molecule has 0 saturated heterocycles. The van der Waals surface area contributed by atoms with Gasteiger partial charge in [-0.25, -0.2) is 0 Å². The number of nitrogens with one attached hydrogen (secondary N) is 1. The minimum absolute atomic E-state index is 0. The summed E-state index contributed by atoms with van der Waals surface area (Å²) >= 11 is 12.3. The SMILES string of the molecule is CNCc1ccc(OCc2c(Cl)cccc2Cl)c(OC)c1.Cl. The summed E-state index contributed by atoms with van der Waals surface area (Å²) < 4.78 is 11.2. The molecule has 0 atom stereocenters. The van der Waals surface area contributed by atoms with Gasteiger partial charge in [-0.15, -0.1) is 12.4 Å². The summed E-state index contributed by atoms with van der Waals surface area (Å²) in [6.07, 6.45) is 0. The number of methoxy groups -OCH3 is 1. The van der Waals surface area contributed by atoms with Crippen molar-refractivity contribution < 1.29 is 9.47 Å². The smallest absolute Gasteiger partial charge is 0.161 e. The molecule has 0 aliphatic heterocycles. The molecule has 22 heavy (non-hydrogen) atoms. The Hall–Kier alpha value is -1.13. The van der Waals surface area contributed by atoms with Gasteiger partial charge < -0.3 is 14.8 Å². The summed E-state index contributed by atoms with van der Waals surface area (Å²) in [6.45, 7) is 1.06. The number of hydrogen-bond acceptors (Lipinski definition) is 3. The first-order chi connectivity index (χ1) is 10.2. The molecule has 1 N–H and O–H groups in total. The lowest BCUT2D eigenvalue weighted by Crippen LogP contribution is -2.05. The van der Waals surface area contributed by atoms with E-state index >= 15 is 0 Å². The molecule has 2 aromatic carbocycles. The fourth-order valence-corrected chi connectivity index (χ4v) is 2.47. The third-order valence-corrected chi connectivity index (χ3v) is 3.75. The third kappa shape index (κ3) is 4.68. The Bertz CT molecular complexity index is 600. The van der Waals surface area contributed by atoms with Crippen LogP contribution in [0.4, 0.5) is 0 Å². The maximum absolute atomic E-state index is 6.13. The van der Waals surface area contributed by atoms with Gasteiger partial charge in [0.15, 0.2) is 11.5 Å². The lowest BCUT2D eigenvalue weighted by molar-refractivity contribution is 0.284. The van der Waals surface area contributed by atoms with Crippen LogP contribution in [0.25, 0.3) is 0 Å². The van der Waals surface area contributed by atoms with Crippen LogP contribution in [-0.2, 0) is 13.2 Å². The predicted molar refractivity (Wildman–Crippen MR) is 93.8 cm³/mol. The predicted octanol–water partition coefficient (Wildman–Crippen LogP) is 4.72. The van der Waals surface area contributed by atoms with E-state index in [9.17, 15) is 0 Å². The zero-order chi connectivity index (χ0) is 15.2. The average molecular weight is 363 g/mol. The Morgan fingerprint density at radius 1 is 1.05 bits per heavy atom. The van der Waals surface area contributed by atoms with E-state index < -0.39 is 0 Å². The van der Waals surface area contributed by atoms with E-state index in [1.165, 1.54) is 0 Å². The maximum Gasteiger partial charge on any atom is 0.161 e. The van der Waals surface area contributed by atoms with Gasteiger partial charge in [0, 0.05) is 22.2 Å². The van der Waals surface area contributed by atoms with Crippen molar-refractivity contribution in [2.24, 2.45) is 0 Å². The van der Waals surface area contributed by atoms with Crippen LogP contribution in [0.15, 0.2) is 36.4 Å². The maximum atomic E-state index is 6.13. The first-order valence-electron chi connectivity index (χ1n) is 6.53. The van der Waals surface area contributed by atoms with Gasteiger partial charge in [0.25, 0.3) is 0 Å². The van der Waals surface area contributed by atoms with Crippen molar-refractivity contribution in [3.8, 4) is 11.5 Å². The molecular formula is C16H18Cl3NO2. The lowest BCUT2D eigenvalue weighted by atomic mass is 10.2. The van der Waals surface area contributed by atoms with Crippen molar-refractivity contribution >= 4 is 35.6 Å². The van der Waals surface area contributed by atoms with Crippen molar-refractivity contribution in [1.29, 1.82) is 0 Å². The van der Waals surface area contributed by atoms with Gasteiger partial charge in [0.2, 0.25) is 0 Å². The Labute approximate surface area is 146 Å². The topological polar surface area (TPSA) is 30.5 Å². The van der Waals surface area contributed by atoms with Crippen LogP contribution in [0.1, 0.15) is 11.1 Å². The molecule has 0 saturated carbocycles. The average Bonchev–Trinajstić information content (AvgIpc) is 2.48. The van der Waals surface area contributed by atoms with Crippen LogP contribution in [0.2, 0.25) is 10.0 Å². The molecule has 2 aromatic rings. The first kappa shape index (κ1) is 18.9. The van der Waals surface area contributed by atoms with Gasteiger partial charge in [-0.1, -0.05) is 35.3 Å². The summed E-state index contributed by atoms with van der Waals surface area (Å²) in [5.41, 5.74) is 1.89. The quantitative estimate of drug-likeness (QED) is 0.806. The highest BCUT2D eigenvalue weighted by Gasteiger charge is 2.09. The van der Waals surface area contributed by atoms with Crippen molar-refractivity contribution in [2.75, 3.05) is 14.2 Å².